The van der Waals surface area contributed by atoms with E-state index in [-0.39, 0.29) is 10.8 Å². The number of piperazine rings is 2. The molecule has 198 valence electrons. The summed E-state index contributed by atoms with van der Waals surface area (Å²) in [5, 5.41) is 12.2. The van der Waals surface area contributed by atoms with Gasteiger partial charge >= 0.3 is 0 Å². The molecule has 1 aromatic carbocycles. The summed E-state index contributed by atoms with van der Waals surface area (Å²) in [6.45, 7) is 15.7. The topological polar surface area (TPSA) is 125 Å². The number of nitrogens with two attached hydrogens (primary N) is 1. The van der Waals surface area contributed by atoms with Gasteiger partial charge in [0.25, 0.3) is 0 Å². The predicted molar refractivity (Wildman–Crippen MR) is 146 cm³/mol. The van der Waals surface area contributed by atoms with Crippen LogP contribution in [-0.4, -0.2) is 91.6 Å². The summed E-state index contributed by atoms with van der Waals surface area (Å²) >= 11 is 0. The van der Waals surface area contributed by atoms with Crippen molar-refractivity contribution in [1.29, 1.82) is 0 Å². The number of carbonyl (C=O) groups excluding carboxylic acids is 1. The number of rotatable bonds is 7. The minimum Gasteiger partial charge on any atom is -0.351 e. The van der Waals surface area contributed by atoms with Crippen LogP contribution < -0.4 is 16.0 Å². The Hall–Kier alpha value is -3.12. The van der Waals surface area contributed by atoms with Gasteiger partial charge in [0.15, 0.2) is 5.82 Å². The SMILES string of the molecule is C=Cc1c(-c2cccc(S(=O)(=O)N3CCNCC3)c2)nnc(N2CCN(C(=O)C(C)(C)N)CC2)c1C=C. The van der Waals surface area contributed by atoms with E-state index in [1.165, 1.54) is 4.31 Å². The van der Waals surface area contributed by atoms with Gasteiger partial charge in [0.2, 0.25) is 15.9 Å². The van der Waals surface area contributed by atoms with Crippen LogP contribution in [0.25, 0.3) is 23.4 Å². The van der Waals surface area contributed by atoms with E-state index in [4.69, 9.17) is 5.73 Å². The molecule has 2 aromatic rings. The first kappa shape index (κ1) is 26.9. The molecule has 0 bridgehead atoms. The number of hydrogen-bond acceptors (Lipinski definition) is 8. The van der Waals surface area contributed by atoms with Gasteiger partial charge in [-0.3, -0.25) is 4.79 Å². The molecule has 1 aromatic heterocycles. The molecule has 2 aliphatic heterocycles. The minimum absolute atomic E-state index is 0.0834. The fourth-order valence-electron chi connectivity index (χ4n) is 4.67. The number of anilines is 1. The highest BCUT2D eigenvalue weighted by atomic mass is 32.2. The number of nitrogens with zero attached hydrogens (tertiary/aromatic N) is 5. The Balaban J connectivity index is 1.64. The second-order valence-electron chi connectivity index (χ2n) is 9.79. The maximum absolute atomic E-state index is 13.2. The lowest BCUT2D eigenvalue weighted by molar-refractivity contribution is -0.136. The summed E-state index contributed by atoms with van der Waals surface area (Å²) in [5.74, 6) is 0.567. The summed E-state index contributed by atoms with van der Waals surface area (Å²) in [7, 11) is -3.63. The Labute approximate surface area is 218 Å². The molecule has 0 atom stereocenters. The zero-order valence-electron chi connectivity index (χ0n) is 21.5. The molecule has 37 heavy (non-hydrogen) atoms. The number of benzene rings is 1. The Bertz CT molecular complexity index is 1290. The fraction of sp³-hybridized carbons (Fsp3) is 0.423. The third-order valence-electron chi connectivity index (χ3n) is 6.68. The number of carbonyl (C=O) groups is 1. The van der Waals surface area contributed by atoms with Gasteiger partial charge in [-0.25, -0.2) is 8.42 Å². The summed E-state index contributed by atoms with van der Waals surface area (Å²) in [4.78, 5) is 16.6. The van der Waals surface area contributed by atoms with E-state index in [0.717, 1.165) is 11.1 Å². The molecule has 10 nitrogen and oxygen atoms in total. The van der Waals surface area contributed by atoms with E-state index in [1.807, 2.05) is 6.07 Å². The average Bonchev–Trinajstić information content (AvgIpc) is 2.91. The molecule has 2 aliphatic rings. The van der Waals surface area contributed by atoms with Crippen LogP contribution in [-0.2, 0) is 14.8 Å². The number of hydrogen-bond donors (Lipinski definition) is 2. The van der Waals surface area contributed by atoms with Gasteiger partial charge in [-0.1, -0.05) is 37.4 Å². The van der Waals surface area contributed by atoms with Gasteiger partial charge < -0.3 is 20.9 Å². The summed E-state index contributed by atoms with van der Waals surface area (Å²) in [6, 6.07) is 6.78. The van der Waals surface area contributed by atoms with Crippen LogP contribution in [0.15, 0.2) is 42.3 Å². The highest BCUT2D eigenvalue weighted by Gasteiger charge is 2.32. The largest absolute Gasteiger partial charge is 0.351 e. The van der Waals surface area contributed by atoms with Crippen molar-refractivity contribution in [3.63, 3.8) is 0 Å². The summed E-state index contributed by atoms with van der Waals surface area (Å²) in [6.07, 6.45) is 3.41. The van der Waals surface area contributed by atoms with Crippen LogP contribution in [0.3, 0.4) is 0 Å². The minimum atomic E-state index is -3.63. The van der Waals surface area contributed by atoms with Crippen molar-refractivity contribution in [2.75, 3.05) is 57.3 Å². The van der Waals surface area contributed by atoms with Crippen LogP contribution >= 0.6 is 0 Å². The Morgan fingerprint density at radius 3 is 2.27 bits per heavy atom. The van der Waals surface area contributed by atoms with Crippen molar-refractivity contribution in [2.24, 2.45) is 5.73 Å². The van der Waals surface area contributed by atoms with Crippen LogP contribution in [0, 0.1) is 0 Å². The number of sulfonamides is 1. The quantitative estimate of drug-likeness (QED) is 0.556. The van der Waals surface area contributed by atoms with Crippen LogP contribution in [0.4, 0.5) is 5.82 Å². The predicted octanol–water partition coefficient (Wildman–Crippen LogP) is 1.41. The van der Waals surface area contributed by atoms with Gasteiger partial charge in [0.1, 0.15) is 5.69 Å². The van der Waals surface area contributed by atoms with Crippen molar-refractivity contribution in [1.82, 2.24) is 24.7 Å². The third-order valence-corrected chi connectivity index (χ3v) is 8.57. The lowest BCUT2D eigenvalue weighted by Gasteiger charge is -2.38. The Morgan fingerprint density at radius 2 is 1.68 bits per heavy atom. The molecule has 0 spiro atoms. The first-order chi connectivity index (χ1) is 17.6. The molecule has 2 saturated heterocycles. The zero-order chi connectivity index (χ0) is 26.8. The lowest BCUT2D eigenvalue weighted by Crippen LogP contribution is -2.57. The van der Waals surface area contributed by atoms with Gasteiger partial charge in [-0.05, 0) is 26.0 Å². The molecule has 0 aliphatic carbocycles. The first-order valence-electron chi connectivity index (χ1n) is 12.4. The van der Waals surface area contributed by atoms with E-state index < -0.39 is 15.6 Å². The van der Waals surface area contributed by atoms with Crippen LogP contribution in [0.2, 0.25) is 0 Å². The lowest BCUT2D eigenvalue weighted by atomic mass is 10.0. The monoisotopic (exact) mass is 525 g/mol. The zero-order valence-corrected chi connectivity index (χ0v) is 22.3. The first-order valence-corrected chi connectivity index (χ1v) is 13.8. The smallest absolute Gasteiger partial charge is 0.243 e. The fourth-order valence-corrected chi connectivity index (χ4v) is 6.16. The molecule has 0 radical (unpaired) electrons. The van der Waals surface area contributed by atoms with Crippen molar-refractivity contribution in [3.05, 3.63) is 48.6 Å². The molecule has 0 saturated carbocycles. The van der Waals surface area contributed by atoms with Gasteiger partial charge in [0, 0.05) is 69.0 Å². The van der Waals surface area contributed by atoms with Crippen LogP contribution in [0.1, 0.15) is 25.0 Å². The van der Waals surface area contributed by atoms with Gasteiger partial charge in [0.05, 0.1) is 10.4 Å². The van der Waals surface area contributed by atoms with Crippen molar-refractivity contribution in [3.8, 4) is 11.3 Å². The average molecular weight is 526 g/mol. The molecule has 3 heterocycles. The number of nitrogens with one attached hydrogen (secondary N) is 1. The van der Waals surface area contributed by atoms with Gasteiger partial charge in [-0.15, -0.1) is 10.2 Å². The van der Waals surface area contributed by atoms with E-state index in [1.54, 1.807) is 49.1 Å². The second kappa shape index (κ2) is 10.7. The van der Waals surface area contributed by atoms with Crippen molar-refractivity contribution in [2.45, 2.75) is 24.3 Å². The standard InChI is InChI=1S/C26H35N7O3S/c1-5-21-22(6-2)24(31-14-16-32(17-15-31)25(34)26(3,4)27)30-29-23(21)19-8-7-9-20(18-19)37(35,36)33-12-10-28-11-13-33/h5-9,18,28H,1-2,10-17,27H2,3-4H3. The number of aromatic nitrogens is 2. The number of amides is 1. The maximum Gasteiger partial charge on any atom is 0.243 e. The molecule has 1 amide bonds. The van der Waals surface area contributed by atoms with Crippen molar-refractivity contribution >= 4 is 33.9 Å². The summed E-state index contributed by atoms with van der Waals surface area (Å²) in [5.41, 5.74) is 7.72. The molecular weight excluding hydrogens is 490 g/mol. The molecular formula is C26H35N7O3S. The normalized spacial score (nSPS) is 17.5. The van der Waals surface area contributed by atoms with Gasteiger partial charge in [-0.2, -0.15) is 4.31 Å². The Morgan fingerprint density at radius 1 is 1.03 bits per heavy atom. The maximum atomic E-state index is 13.2. The van der Waals surface area contributed by atoms with E-state index in [9.17, 15) is 13.2 Å². The summed E-state index contributed by atoms with van der Waals surface area (Å²) < 4.78 is 28.0. The van der Waals surface area contributed by atoms with Crippen molar-refractivity contribution < 1.29 is 13.2 Å². The highest BCUT2D eigenvalue weighted by molar-refractivity contribution is 7.89. The van der Waals surface area contributed by atoms with E-state index in [2.05, 4.69) is 33.6 Å². The van der Waals surface area contributed by atoms with E-state index >= 15 is 0 Å². The Kier molecular flexibility index (Phi) is 7.79. The van der Waals surface area contributed by atoms with E-state index in [0.29, 0.717) is 69.4 Å². The second-order valence-corrected chi connectivity index (χ2v) is 11.7. The molecule has 11 heteroatoms. The molecule has 2 fully saturated rings. The van der Waals surface area contributed by atoms with Crippen LogP contribution in [0.5, 0.6) is 0 Å². The highest BCUT2D eigenvalue weighted by Crippen LogP contribution is 2.32. The molecule has 4 rings (SSSR count). The molecule has 3 N–H and O–H groups in total. The molecule has 0 unspecified atom stereocenters. The third kappa shape index (κ3) is 5.45.